The zero-order valence-electron chi connectivity index (χ0n) is 16.1. The molecule has 25 heavy (non-hydrogen) atoms. The summed E-state index contributed by atoms with van der Waals surface area (Å²) >= 11 is 0. The van der Waals surface area contributed by atoms with Crippen LogP contribution in [0.2, 0.25) is 0 Å². The van der Waals surface area contributed by atoms with Gasteiger partial charge in [-0.2, -0.15) is 0 Å². The lowest BCUT2D eigenvalue weighted by Gasteiger charge is -2.22. The maximum atomic E-state index is 12.7. The maximum absolute atomic E-state index is 12.7. The molecule has 1 amide bonds. The van der Waals surface area contributed by atoms with Gasteiger partial charge < -0.3 is 10.1 Å². The molecule has 0 aliphatic heterocycles. The Hall–Kier alpha value is -2.29. The summed E-state index contributed by atoms with van der Waals surface area (Å²) < 4.78 is 6.01. The van der Waals surface area contributed by atoms with Gasteiger partial charge in [-0.25, -0.2) is 0 Å². The topological polar surface area (TPSA) is 38.3 Å². The second kappa shape index (κ2) is 8.19. The van der Waals surface area contributed by atoms with Crippen LogP contribution >= 0.6 is 0 Å². The summed E-state index contributed by atoms with van der Waals surface area (Å²) in [4.78, 5) is 12.7. The SMILES string of the molecule is CCC(Oc1cc(C)ccc1C)C(=O)NC(C)c1ccc(C)cc1C. The number of ether oxygens (including phenoxy) is 1. The molecule has 0 saturated heterocycles. The Labute approximate surface area is 151 Å². The van der Waals surface area contributed by atoms with Gasteiger partial charge in [0.15, 0.2) is 6.10 Å². The van der Waals surface area contributed by atoms with Crippen molar-refractivity contribution in [3.05, 3.63) is 64.2 Å². The lowest BCUT2D eigenvalue weighted by Crippen LogP contribution is -2.39. The van der Waals surface area contributed by atoms with Gasteiger partial charge in [-0.05, 0) is 69.4 Å². The Bertz CT molecular complexity index is 752. The molecule has 3 heteroatoms. The lowest BCUT2D eigenvalue weighted by atomic mass is 10.00. The van der Waals surface area contributed by atoms with Gasteiger partial charge in [-0.3, -0.25) is 4.79 Å². The van der Waals surface area contributed by atoms with E-state index in [1.54, 1.807) is 0 Å². The van der Waals surface area contributed by atoms with Crippen molar-refractivity contribution in [2.45, 2.75) is 60.1 Å². The number of hydrogen-bond donors (Lipinski definition) is 1. The number of aryl methyl sites for hydroxylation is 4. The van der Waals surface area contributed by atoms with Crippen molar-refractivity contribution in [1.29, 1.82) is 0 Å². The first-order chi connectivity index (χ1) is 11.8. The van der Waals surface area contributed by atoms with Crippen molar-refractivity contribution in [2.24, 2.45) is 0 Å². The van der Waals surface area contributed by atoms with Gasteiger partial charge in [0.25, 0.3) is 5.91 Å². The van der Waals surface area contributed by atoms with Gasteiger partial charge in [-0.15, -0.1) is 0 Å². The zero-order chi connectivity index (χ0) is 18.6. The smallest absolute Gasteiger partial charge is 0.261 e. The zero-order valence-corrected chi connectivity index (χ0v) is 16.1. The fourth-order valence-electron chi connectivity index (χ4n) is 3.01. The first-order valence-electron chi connectivity index (χ1n) is 8.93. The molecule has 2 aromatic rings. The number of carbonyl (C=O) groups excluding carboxylic acids is 1. The molecule has 2 unspecified atom stereocenters. The van der Waals surface area contributed by atoms with Crippen LogP contribution in [0.5, 0.6) is 5.75 Å². The predicted molar refractivity (Wildman–Crippen MR) is 103 cm³/mol. The first-order valence-corrected chi connectivity index (χ1v) is 8.93. The molecular formula is C22H29NO2. The molecule has 1 N–H and O–H groups in total. The molecule has 3 nitrogen and oxygen atoms in total. The average molecular weight is 339 g/mol. The van der Waals surface area contributed by atoms with Gasteiger partial charge in [0, 0.05) is 0 Å². The number of amides is 1. The Morgan fingerprint density at radius 3 is 2.28 bits per heavy atom. The Morgan fingerprint density at radius 2 is 1.64 bits per heavy atom. The monoisotopic (exact) mass is 339 g/mol. The summed E-state index contributed by atoms with van der Waals surface area (Å²) in [6.07, 6.45) is 0.132. The average Bonchev–Trinajstić information content (AvgIpc) is 2.55. The van der Waals surface area contributed by atoms with Gasteiger partial charge >= 0.3 is 0 Å². The molecule has 0 aliphatic rings. The molecule has 0 spiro atoms. The quantitative estimate of drug-likeness (QED) is 0.808. The molecule has 2 rings (SSSR count). The van der Waals surface area contributed by atoms with Crippen LogP contribution in [0.1, 0.15) is 54.1 Å². The van der Waals surface area contributed by atoms with E-state index in [1.165, 1.54) is 11.1 Å². The molecule has 0 heterocycles. The number of benzene rings is 2. The highest BCUT2D eigenvalue weighted by molar-refractivity contribution is 5.81. The summed E-state index contributed by atoms with van der Waals surface area (Å²) in [5, 5.41) is 3.10. The second-order valence-corrected chi connectivity index (χ2v) is 6.87. The van der Waals surface area contributed by atoms with E-state index >= 15 is 0 Å². The van der Waals surface area contributed by atoms with Gasteiger partial charge in [0.1, 0.15) is 5.75 Å². The van der Waals surface area contributed by atoms with Crippen LogP contribution in [0.4, 0.5) is 0 Å². The number of hydrogen-bond acceptors (Lipinski definition) is 2. The molecule has 2 atom stereocenters. The molecular weight excluding hydrogens is 310 g/mol. The Morgan fingerprint density at radius 1 is 1.00 bits per heavy atom. The van der Waals surface area contributed by atoms with Gasteiger partial charge in [-0.1, -0.05) is 42.8 Å². The van der Waals surface area contributed by atoms with Gasteiger partial charge in [0.05, 0.1) is 6.04 Å². The molecule has 0 saturated carbocycles. The van der Waals surface area contributed by atoms with Crippen LogP contribution in [0.15, 0.2) is 36.4 Å². The minimum absolute atomic E-state index is 0.0515. The predicted octanol–water partition coefficient (Wildman–Crippen LogP) is 4.96. The van der Waals surface area contributed by atoms with Gasteiger partial charge in [0.2, 0.25) is 0 Å². The molecule has 0 fully saturated rings. The lowest BCUT2D eigenvalue weighted by molar-refractivity contribution is -0.128. The minimum atomic E-state index is -0.492. The van der Waals surface area contributed by atoms with Crippen LogP contribution < -0.4 is 10.1 Å². The third-order valence-electron chi connectivity index (χ3n) is 4.53. The number of rotatable bonds is 6. The van der Waals surface area contributed by atoms with Crippen LogP contribution in [0, 0.1) is 27.7 Å². The van der Waals surface area contributed by atoms with Crippen molar-refractivity contribution in [3.8, 4) is 5.75 Å². The van der Waals surface area contributed by atoms with Crippen LogP contribution in [0.3, 0.4) is 0 Å². The summed E-state index contributed by atoms with van der Waals surface area (Å²) in [5.74, 6) is 0.706. The molecule has 0 aliphatic carbocycles. The standard InChI is InChI=1S/C22H29NO2/c1-7-20(25-21-13-15(3)8-10-16(21)4)22(24)23-18(6)19-11-9-14(2)12-17(19)5/h8-13,18,20H,7H2,1-6H3,(H,23,24). The maximum Gasteiger partial charge on any atom is 0.261 e. The summed E-state index contributed by atoms with van der Waals surface area (Å²) in [6.45, 7) is 12.2. The van der Waals surface area contributed by atoms with Crippen LogP contribution in [-0.4, -0.2) is 12.0 Å². The Kier molecular flexibility index (Phi) is 6.24. The third-order valence-corrected chi connectivity index (χ3v) is 4.53. The second-order valence-electron chi connectivity index (χ2n) is 6.87. The highest BCUT2D eigenvalue weighted by atomic mass is 16.5. The molecule has 0 bridgehead atoms. The highest BCUT2D eigenvalue weighted by Crippen LogP contribution is 2.22. The van der Waals surface area contributed by atoms with E-state index in [9.17, 15) is 4.79 Å². The molecule has 0 aromatic heterocycles. The van der Waals surface area contributed by atoms with Crippen LogP contribution in [-0.2, 0) is 4.79 Å². The van der Waals surface area contributed by atoms with Crippen molar-refractivity contribution >= 4 is 5.91 Å². The summed E-state index contributed by atoms with van der Waals surface area (Å²) in [6, 6.07) is 12.3. The minimum Gasteiger partial charge on any atom is -0.480 e. The molecule has 134 valence electrons. The fourth-order valence-corrected chi connectivity index (χ4v) is 3.01. The summed E-state index contributed by atoms with van der Waals surface area (Å²) in [5.41, 5.74) is 5.72. The van der Waals surface area contributed by atoms with E-state index in [-0.39, 0.29) is 11.9 Å². The molecule has 0 radical (unpaired) electrons. The van der Waals surface area contributed by atoms with Crippen LogP contribution in [0.25, 0.3) is 0 Å². The fraction of sp³-hybridized carbons (Fsp3) is 0.409. The van der Waals surface area contributed by atoms with E-state index in [0.717, 1.165) is 22.4 Å². The Balaban J connectivity index is 2.10. The van der Waals surface area contributed by atoms with Crippen molar-refractivity contribution in [1.82, 2.24) is 5.32 Å². The van der Waals surface area contributed by atoms with E-state index in [4.69, 9.17) is 4.74 Å². The molecule has 2 aromatic carbocycles. The van der Waals surface area contributed by atoms with Crippen molar-refractivity contribution in [2.75, 3.05) is 0 Å². The van der Waals surface area contributed by atoms with E-state index in [0.29, 0.717) is 6.42 Å². The third kappa shape index (κ3) is 4.85. The highest BCUT2D eigenvalue weighted by Gasteiger charge is 2.22. The first kappa shape index (κ1) is 19.0. The summed E-state index contributed by atoms with van der Waals surface area (Å²) in [7, 11) is 0. The largest absolute Gasteiger partial charge is 0.480 e. The number of carbonyl (C=O) groups is 1. The number of nitrogens with one attached hydrogen (secondary N) is 1. The van der Waals surface area contributed by atoms with E-state index < -0.39 is 6.10 Å². The van der Waals surface area contributed by atoms with Crippen molar-refractivity contribution < 1.29 is 9.53 Å². The van der Waals surface area contributed by atoms with Crippen molar-refractivity contribution in [3.63, 3.8) is 0 Å². The van der Waals surface area contributed by atoms with E-state index in [2.05, 4.69) is 37.4 Å². The normalized spacial score (nSPS) is 13.2. The van der Waals surface area contributed by atoms with E-state index in [1.807, 2.05) is 45.9 Å².